The van der Waals surface area contributed by atoms with Gasteiger partial charge in [-0.2, -0.15) is 5.26 Å². The van der Waals surface area contributed by atoms with Gasteiger partial charge >= 0.3 is 0 Å². The number of hydrogen-bond donors (Lipinski definition) is 0. The molecule has 0 unspecified atom stereocenters. The zero-order valence-corrected chi connectivity index (χ0v) is 7.58. The Morgan fingerprint density at radius 2 is 2.31 bits per heavy atom. The van der Waals surface area contributed by atoms with Crippen LogP contribution in [0.4, 0.5) is 0 Å². The van der Waals surface area contributed by atoms with Gasteiger partial charge in [-0.05, 0) is 12.1 Å². The van der Waals surface area contributed by atoms with Crippen LogP contribution in [0, 0.1) is 11.3 Å². The minimum absolute atomic E-state index is 0.410. The molecule has 0 aliphatic rings. The van der Waals surface area contributed by atoms with E-state index < -0.39 is 0 Å². The first-order valence-corrected chi connectivity index (χ1v) is 4.00. The van der Waals surface area contributed by atoms with Gasteiger partial charge in [-0.1, -0.05) is 16.8 Å². The Kier molecular flexibility index (Phi) is 1.67. The molecule has 0 aliphatic carbocycles. The molecule has 1 heterocycles. The number of halogens is 1. The number of nitrogens with zero attached hydrogens (tertiary/aromatic N) is 4. The molecule has 0 fully saturated rings. The van der Waals surface area contributed by atoms with Crippen molar-refractivity contribution in [2.75, 3.05) is 0 Å². The van der Waals surface area contributed by atoms with Crippen LogP contribution in [0.3, 0.4) is 0 Å². The number of nitriles is 1. The van der Waals surface area contributed by atoms with E-state index in [0.717, 1.165) is 0 Å². The van der Waals surface area contributed by atoms with E-state index in [2.05, 4.69) is 10.3 Å². The maximum atomic E-state index is 8.72. The van der Waals surface area contributed by atoms with Crippen LogP contribution < -0.4 is 0 Å². The zero-order chi connectivity index (χ0) is 9.42. The lowest BCUT2D eigenvalue weighted by Gasteiger charge is -1.96. The molecule has 13 heavy (non-hydrogen) atoms. The lowest BCUT2D eigenvalue weighted by Crippen LogP contribution is -1.91. The summed E-state index contributed by atoms with van der Waals surface area (Å²) in [6.45, 7) is 0. The largest absolute Gasteiger partial charge is 0.246 e. The van der Waals surface area contributed by atoms with Crippen molar-refractivity contribution in [2.24, 2.45) is 7.05 Å². The fraction of sp³-hybridized carbons (Fsp3) is 0.125. The van der Waals surface area contributed by atoms with E-state index in [0.29, 0.717) is 21.6 Å². The van der Waals surface area contributed by atoms with Gasteiger partial charge in [0, 0.05) is 7.05 Å². The van der Waals surface area contributed by atoms with Gasteiger partial charge in [0.1, 0.15) is 17.1 Å². The molecule has 1 aromatic carbocycles. The van der Waals surface area contributed by atoms with Crippen LogP contribution >= 0.6 is 11.6 Å². The highest BCUT2D eigenvalue weighted by Gasteiger charge is 2.09. The van der Waals surface area contributed by atoms with Crippen LogP contribution in [0.2, 0.25) is 5.02 Å². The summed E-state index contributed by atoms with van der Waals surface area (Å²) in [5, 5.41) is 16.8. The molecule has 5 heteroatoms. The average Bonchev–Trinajstić information content (AvgIpc) is 2.49. The Hall–Kier alpha value is -1.60. The molecule has 4 nitrogen and oxygen atoms in total. The van der Waals surface area contributed by atoms with Crippen molar-refractivity contribution in [3.05, 3.63) is 22.7 Å². The molecule has 0 radical (unpaired) electrons. The third kappa shape index (κ3) is 1.05. The number of aryl methyl sites for hydroxylation is 1. The summed E-state index contributed by atoms with van der Waals surface area (Å²) in [6.07, 6.45) is 0. The van der Waals surface area contributed by atoms with E-state index in [-0.39, 0.29) is 0 Å². The highest BCUT2D eigenvalue weighted by Crippen LogP contribution is 2.24. The highest BCUT2D eigenvalue weighted by atomic mass is 35.5. The Bertz CT molecular complexity index is 509. The van der Waals surface area contributed by atoms with E-state index >= 15 is 0 Å². The molecule has 0 bridgehead atoms. The van der Waals surface area contributed by atoms with Crippen molar-refractivity contribution in [2.45, 2.75) is 0 Å². The number of aromatic nitrogens is 3. The van der Waals surface area contributed by atoms with Crippen LogP contribution in [0.5, 0.6) is 0 Å². The minimum Gasteiger partial charge on any atom is -0.246 e. The summed E-state index contributed by atoms with van der Waals surface area (Å²) >= 11 is 5.97. The maximum absolute atomic E-state index is 8.72. The van der Waals surface area contributed by atoms with Crippen LogP contribution in [-0.2, 0) is 7.05 Å². The van der Waals surface area contributed by atoms with Crippen LogP contribution in [0.15, 0.2) is 12.1 Å². The van der Waals surface area contributed by atoms with Crippen molar-refractivity contribution in [3.8, 4) is 6.07 Å². The Labute approximate surface area is 79.3 Å². The van der Waals surface area contributed by atoms with Crippen LogP contribution in [0.25, 0.3) is 11.0 Å². The van der Waals surface area contributed by atoms with Crippen molar-refractivity contribution in [1.82, 2.24) is 15.0 Å². The SMILES string of the molecule is Cn1nnc2ccc(C#N)c(Cl)c21. The molecule has 2 rings (SSSR count). The van der Waals surface area contributed by atoms with Gasteiger partial charge in [-0.25, -0.2) is 4.68 Å². The summed E-state index contributed by atoms with van der Waals surface area (Å²) in [4.78, 5) is 0. The number of fused-ring (bicyclic) bond motifs is 1. The lowest BCUT2D eigenvalue weighted by atomic mass is 10.2. The Balaban J connectivity index is 2.93. The number of benzene rings is 1. The van der Waals surface area contributed by atoms with Crippen molar-refractivity contribution in [1.29, 1.82) is 5.26 Å². The molecule has 0 atom stereocenters. The third-order valence-electron chi connectivity index (χ3n) is 1.83. The summed E-state index contributed by atoms with van der Waals surface area (Å²) in [5.41, 5.74) is 1.84. The first-order chi connectivity index (χ1) is 6.24. The minimum atomic E-state index is 0.410. The molecule has 2 aromatic rings. The van der Waals surface area contributed by atoms with Gasteiger partial charge in [0.15, 0.2) is 0 Å². The predicted molar refractivity (Wildman–Crippen MR) is 48.2 cm³/mol. The second-order valence-electron chi connectivity index (χ2n) is 2.62. The van der Waals surface area contributed by atoms with Gasteiger partial charge < -0.3 is 0 Å². The standard InChI is InChI=1S/C8H5ClN4/c1-13-8-6(11-12-13)3-2-5(4-10)7(8)9/h2-3H,1H3. The van der Waals surface area contributed by atoms with E-state index in [1.807, 2.05) is 6.07 Å². The summed E-state index contributed by atoms with van der Waals surface area (Å²) in [7, 11) is 1.74. The van der Waals surface area contributed by atoms with Gasteiger partial charge in [-0.15, -0.1) is 5.10 Å². The fourth-order valence-corrected chi connectivity index (χ4v) is 1.51. The monoisotopic (exact) mass is 192 g/mol. The summed E-state index contributed by atoms with van der Waals surface area (Å²) in [5.74, 6) is 0. The molecular weight excluding hydrogens is 188 g/mol. The van der Waals surface area contributed by atoms with Crippen LogP contribution in [0.1, 0.15) is 5.56 Å². The van der Waals surface area contributed by atoms with E-state index in [9.17, 15) is 0 Å². The number of hydrogen-bond acceptors (Lipinski definition) is 3. The van der Waals surface area contributed by atoms with E-state index in [1.54, 1.807) is 23.9 Å². The molecule has 0 N–H and O–H groups in total. The predicted octanol–water partition coefficient (Wildman–Crippen LogP) is 1.49. The second-order valence-corrected chi connectivity index (χ2v) is 3.00. The van der Waals surface area contributed by atoms with Gasteiger partial charge in [0.05, 0.1) is 10.6 Å². The van der Waals surface area contributed by atoms with Gasteiger partial charge in [0.25, 0.3) is 0 Å². The van der Waals surface area contributed by atoms with Crippen molar-refractivity contribution in [3.63, 3.8) is 0 Å². The van der Waals surface area contributed by atoms with Crippen molar-refractivity contribution < 1.29 is 0 Å². The first-order valence-electron chi connectivity index (χ1n) is 3.62. The zero-order valence-electron chi connectivity index (χ0n) is 6.82. The summed E-state index contributed by atoms with van der Waals surface area (Å²) < 4.78 is 1.55. The molecule has 0 amide bonds. The van der Waals surface area contributed by atoms with Gasteiger partial charge in [-0.3, -0.25) is 0 Å². The summed E-state index contributed by atoms with van der Waals surface area (Å²) in [6, 6.07) is 5.37. The average molecular weight is 193 g/mol. The Morgan fingerprint density at radius 3 is 3.00 bits per heavy atom. The van der Waals surface area contributed by atoms with E-state index in [4.69, 9.17) is 16.9 Å². The van der Waals surface area contributed by atoms with Crippen molar-refractivity contribution >= 4 is 22.6 Å². The quantitative estimate of drug-likeness (QED) is 0.636. The molecule has 0 spiro atoms. The van der Waals surface area contributed by atoms with Gasteiger partial charge in [0.2, 0.25) is 0 Å². The fourth-order valence-electron chi connectivity index (χ4n) is 1.19. The maximum Gasteiger partial charge on any atom is 0.114 e. The molecule has 0 saturated carbocycles. The lowest BCUT2D eigenvalue weighted by molar-refractivity contribution is 0.736. The highest BCUT2D eigenvalue weighted by molar-refractivity contribution is 6.36. The molecule has 1 aromatic heterocycles. The third-order valence-corrected chi connectivity index (χ3v) is 2.21. The van der Waals surface area contributed by atoms with Crippen LogP contribution in [-0.4, -0.2) is 15.0 Å². The molecule has 64 valence electrons. The topological polar surface area (TPSA) is 54.5 Å². The normalized spacial score (nSPS) is 10.2. The molecule has 0 saturated heterocycles. The molecule has 0 aliphatic heterocycles. The molecular formula is C8H5ClN4. The smallest absolute Gasteiger partial charge is 0.114 e. The first kappa shape index (κ1) is 8.02. The van der Waals surface area contributed by atoms with E-state index in [1.165, 1.54) is 0 Å². The Morgan fingerprint density at radius 1 is 1.54 bits per heavy atom. The second kappa shape index (κ2) is 2.71. The number of rotatable bonds is 0.